The average molecular weight is 384 g/mol. The molecule has 0 bridgehead atoms. The molecule has 0 N–H and O–H groups in total. The quantitative estimate of drug-likeness (QED) is 0.683. The zero-order valence-electron chi connectivity index (χ0n) is 13.1. The molecule has 2 rings (SSSR count). The number of hydrogen-bond donors (Lipinski definition) is 0. The summed E-state index contributed by atoms with van der Waals surface area (Å²) >= 11 is 5.74. The van der Waals surface area contributed by atoms with Gasteiger partial charge >= 0.3 is 35.7 Å². The van der Waals surface area contributed by atoms with Crippen molar-refractivity contribution in [1.82, 2.24) is 4.98 Å². The van der Waals surface area contributed by atoms with Crippen LogP contribution >= 0.6 is 11.6 Å². The Labute approximate surface area is 168 Å². The molecule has 0 spiro atoms. The predicted octanol–water partition coefficient (Wildman–Crippen LogP) is 0.0673. The second kappa shape index (κ2) is 8.75. The van der Waals surface area contributed by atoms with Crippen LogP contribution in [0.25, 0.3) is 0 Å². The van der Waals surface area contributed by atoms with E-state index in [1.54, 1.807) is 0 Å². The Morgan fingerprint density at radius 3 is 2.28 bits per heavy atom. The first-order valence-corrected chi connectivity index (χ1v) is 6.93. The van der Waals surface area contributed by atoms with Crippen molar-refractivity contribution < 1.29 is 62.1 Å². The molecule has 0 fully saturated rings. The number of aliphatic carboxylic acids is 1. The zero-order chi connectivity index (χ0) is 17.9. The van der Waals surface area contributed by atoms with Crippen LogP contribution in [0.1, 0.15) is 12.5 Å². The van der Waals surface area contributed by atoms with Crippen LogP contribution in [-0.2, 0) is 11.0 Å². The van der Waals surface area contributed by atoms with Gasteiger partial charge in [0.1, 0.15) is 22.6 Å². The molecule has 0 aliphatic heterocycles. The number of carboxylic acid groups (broad SMARTS) is 1. The number of nitrogens with zero attached hydrogens (tertiary/aromatic N) is 1. The number of rotatable bonds is 5. The van der Waals surface area contributed by atoms with E-state index in [0.717, 1.165) is 0 Å². The van der Waals surface area contributed by atoms with Gasteiger partial charge < -0.3 is 19.4 Å². The number of alkyl halides is 3. The van der Waals surface area contributed by atoms with Crippen LogP contribution in [-0.4, -0.2) is 17.1 Å². The molecule has 0 amide bonds. The van der Waals surface area contributed by atoms with Gasteiger partial charge in [0.05, 0.1) is 11.5 Å². The summed E-state index contributed by atoms with van der Waals surface area (Å²) in [7, 11) is 0. The number of aromatic nitrogens is 1. The van der Waals surface area contributed by atoms with Crippen molar-refractivity contribution in [2.45, 2.75) is 19.2 Å². The van der Waals surface area contributed by atoms with Crippen molar-refractivity contribution in [3.63, 3.8) is 0 Å². The molecule has 1 heterocycles. The van der Waals surface area contributed by atoms with Crippen molar-refractivity contribution in [2.75, 3.05) is 0 Å². The standard InChI is InChI=1S/C15H11ClF3NO4.Na/c1-8(14(21)22)23-10-2-4-11(5-3-10)24-13-12(16)6-9(7-20-13)15(17,18)19;/h2-8H,1H3,(H,21,22);/q;+1/p-1/t8-;/m0./s1. The van der Waals surface area contributed by atoms with E-state index >= 15 is 0 Å². The van der Waals surface area contributed by atoms with Gasteiger partial charge in [0.2, 0.25) is 5.88 Å². The van der Waals surface area contributed by atoms with E-state index in [0.29, 0.717) is 12.3 Å². The van der Waals surface area contributed by atoms with Crippen molar-refractivity contribution in [1.29, 1.82) is 0 Å². The van der Waals surface area contributed by atoms with Crippen LogP contribution in [0.5, 0.6) is 17.4 Å². The fraction of sp³-hybridized carbons (Fsp3) is 0.200. The fourth-order valence-electron chi connectivity index (χ4n) is 1.61. The summed E-state index contributed by atoms with van der Waals surface area (Å²) in [5.41, 5.74) is -0.986. The molecule has 5 nitrogen and oxygen atoms in total. The first-order chi connectivity index (χ1) is 11.2. The Kier molecular flexibility index (Phi) is 7.55. The van der Waals surface area contributed by atoms with Gasteiger partial charge in [-0.15, -0.1) is 0 Å². The van der Waals surface area contributed by atoms with Crippen LogP contribution in [0.4, 0.5) is 13.2 Å². The van der Waals surface area contributed by atoms with Crippen LogP contribution < -0.4 is 44.1 Å². The molecule has 1 aromatic heterocycles. The summed E-state index contributed by atoms with van der Waals surface area (Å²) in [6.07, 6.45) is -5.08. The minimum absolute atomic E-state index is 0. The molecular weight excluding hydrogens is 374 g/mol. The van der Waals surface area contributed by atoms with E-state index in [-0.39, 0.29) is 52.0 Å². The van der Waals surface area contributed by atoms with Crippen LogP contribution in [0.3, 0.4) is 0 Å². The summed E-state index contributed by atoms with van der Waals surface area (Å²) < 4.78 is 48.0. The average Bonchev–Trinajstić information content (AvgIpc) is 2.50. The fourth-order valence-corrected chi connectivity index (χ4v) is 1.81. The Morgan fingerprint density at radius 2 is 1.80 bits per heavy atom. The van der Waals surface area contributed by atoms with Crippen molar-refractivity contribution >= 4 is 17.6 Å². The Balaban J connectivity index is 0.00000312. The molecule has 1 atom stereocenters. The molecule has 10 heteroatoms. The summed E-state index contributed by atoms with van der Waals surface area (Å²) in [4.78, 5) is 14.1. The third-order valence-corrected chi connectivity index (χ3v) is 3.09. The largest absolute Gasteiger partial charge is 1.00 e. The SMILES string of the molecule is C[C@H](Oc1ccc(Oc2ncc(C(F)(F)F)cc2Cl)cc1)C(=O)[O-].[Na+]. The molecule has 0 aliphatic carbocycles. The maximum atomic E-state index is 12.5. The summed E-state index contributed by atoms with van der Waals surface area (Å²) in [6.45, 7) is 1.31. The first-order valence-electron chi connectivity index (χ1n) is 6.55. The van der Waals surface area contributed by atoms with Crippen molar-refractivity contribution in [3.8, 4) is 17.4 Å². The van der Waals surface area contributed by atoms with Gasteiger partial charge in [0.15, 0.2) is 0 Å². The molecule has 0 saturated heterocycles. The van der Waals surface area contributed by atoms with E-state index in [1.165, 1.54) is 31.2 Å². The van der Waals surface area contributed by atoms with Gasteiger partial charge in [-0.25, -0.2) is 4.98 Å². The van der Waals surface area contributed by atoms with Crippen LogP contribution in [0.2, 0.25) is 5.02 Å². The monoisotopic (exact) mass is 383 g/mol. The van der Waals surface area contributed by atoms with Gasteiger partial charge in [-0.05, 0) is 37.3 Å². The van der Waals surface area contributed by atoms with Crippen molar-refractivity contribution in [3.05, 3.63) is 47.1 Å². The Morgan fingerprint density at radius 1 is 1.24 bits per heavy atom. The second-order valence-corrected chi connectivity index (χ2v) is 5.07. The van der Waals surface area contributed by atoms with E-state index in [4.69, 9.17) is 21.1 Å². The maximum absolute atomic E-state index is 12.5. The van der Waals surface area contributed by atoms with E-state index in [2.05, 4.69) is 4.98 Å². The molecule has 0 aliphatic rings. The smallest absolute Gasteiger partial charge is 0.546 e. The number of carboxylic acids is 1. The minimum Gasteiger partial charge on any atom is -0.546 e. The topological polar surface area (TPSA) is 71.5 Å². The third-order valence-electron chi connectivity index (χ3n) is 2.82. The van der Waals surface area contributed by atoms with Crippen LogP contribution in [0, 0.1) is 0 Å². The number of pyridine rings is 1. The maximum Gasteiger partial charge on any atom is 1.00 e. The Bertz CT molecular complexity index is 741. The summed E-state index contributed by atoms with van der Waals surface area (Å²) in [5.74, 6) is -1.07. The second-order valence-electron chi connectivity index (χ2n) is 4.66. The molecule has 1 aromatic carbocycles. The number of halogens is 4. The minimum atomic E-state index is -4.55. The molecular formula is C15H10ClF3NNaO4. The molecule has 128 valence electrons. The Hall–Kier alpha value is -1.48. The van der Waals surface area contributed by atoms with E-state index in [9.17, 15) is 23.1 Å². The normalized spacial score (nSPS) is 12.0. The first kappa shape index (κ1) is 21.6. The zero-order valence-corrected chi connectivity index (χ0v) is 15.9. The van der Waals surface area contributed by atoms with E-state index in [1.807, 2.05) is 0 Å². The van der Waals surface area contributed by atoms with Crippen molar-refractivity contribution in [2.24, 2.45) is 0 Å². The molecule has 0 radical (unpaired) electrons. The van der Waals surface area contributed by atoms with Gasteiger partial charge in [-0.1, -0.05) is 11.6 Å². The van der Waals surface area contributed by atoms with Gasteiger partial charge in [-0.3, -0.25) is 0 Å². The number of carbonyl (C=O) groups is 1. The van der Waals surface area contributed by atoms with E-state index < -0.39 is 23.8 Å². The third kappa shape index (κ3) is 6.07. The number of ether oxygens (including phenoxy) is 2. The molecule has 25 heavy (non-hydrogen) atoms. The van der Waals surface area contributed by atoms with Gasteiger partial charge in [-0.2, -0.15) is 13.2 Å². The number of benzene rings is 1. The van der Waals surface area contributed by atoms with Gasteiger partial charge in [0, 0.05) is 6.20 Å². The summed E-state index contributed by atoms with van der Waals surface area (Å²) in [5, 5.41) is 10.3. The number of hydrogen-bond acceptors (Lipinski definition) is 5. The predicted molar refractivity (Wildman–Crippen MR) is 75.9 cm³/mol. The molecule has 0 saturated carbocycles. The summed E-state index contributed by atoms with van der Waals surface area (Å²) in [6, 6.07) is 6.41. The molecule has 2 aromatic rings. The van der Waals surface area contributed by atoms with Crippen LogP contribution in [0.15, 0.2) is 36.5 Å². The number of carbonyl (C=O) groups excluding carboxylic acids is 1. The van der Waals surface area contributed by atoms with Gasteiger partial charge in [0.25, 0.3) is 0 Å². The molecule has 0 unspecified atom stereocenters.